The van der Waals surface area contributed by atoms with Gasteiger partial charge >= 0.3 is 0 Å². The maximum atomic E-state index is 12.3. The predicted octanol–water partition coefficient (Wildman–Crippen LogP) is -3.10. The number of rotatable bonds is 3. The third-order valence-electron chi connectivity index (χ3n) is 4.11. The van der Waals surface area contributed by atoms with Crippen molar-refractivity contribution in [1.82, 2.24) is 10.2 Å². The van der Waals surface area contributed by atoms with Crippen molar-refractivity contribution in [3.8, 4) is 0 Å². The topological polar surface area (TPSA) is 139 Å². The monoisotopic (exact) mass is 270 g/mol. The Hall–Kier alpha value is -1.67. The third-order valence-corrected chi connectivity index (χ3v) is 4.11. The maximum absolute atomic E-state index is 12.3. The highest BCUT2D eigenvalue weighted by Crippen LogP contribution is 2.37. The van der Waals surface area contributed by atoms with Crippen LogP contribution in [-0.2, 0) is 14.4 Å². The Morgan fingerprint density at radius 1 is 1.58 bits per heavy atom. The van der Waals surface area contributed by atoms with Crippen molar-refractivity contribution in [2.45, 2.75) is 37.6 Å². The summed E-state index contributed by atoms with van der Waals surface area (Å²) in [5, 5.41) is 12.1. The normalized spacial score (nSPS) is 36.9. The van der Waals surface area contributed by atoms with Gasteiger partial charge in [0.1, 0.15) is 11.6 Å². The molecular weight excluding hydrogens is 252 g/mol. The molecule has 0 bridgehead atoms. The summed E-state index contributed by atoms with van der Waals surface area (Å²) < 4.78 is 0. The minimum absolute atomic E-state index is 0.130. The van der Waals surface area contributed by atoms with Gasteiger partial charge in [0, 0.05) is 5.92 Å². The first kappa shape index (κ1) is 13.8. The fourth-order valence-electron chi connectivity index (χ4n) is 2.83. The minimum Gasteiger partial charge on any atom is -0.391 e. The van der Waals surface area contributed by atoms with Crippen LogP contribution in [0.5, 0.6) is 0 Å². The molecule has 0 saturated carbocycles. The first-order valence-electron chi connectivity index (χ1n) is 6.08. The number of aliphatic hydroxyl groups is 1. The van der Waals surface area contributed by atoms with Crippen LogP contribution in [0.1, 0.15) is 13.8 Å². The van der Waals surface area contributed by atoms with Crippen LogP contribution in [0.15, 0.2) is 0 Å². The van der Waals surface area contributed by atoms with Crippen LogP contribution in [0.3, 0.4) is 0 Å². The Bertz CT molecular complexity index is 452. The molecule has 0 aromatic heterocycles. The van der Waals surface area contributed by atoms with Gasteiger partial charge in [0.05, 0.1) is 18.7 Å². The second kappa shape index (κ2) is 4.17. The first-order valence-corrected chi connectivity index (χ1v) is 6.08. The second-order valence-electron chi connectivity index (χ2n) is 5.30. The maximum Gasteiger partial charge on any atom is 0.251 e. The lowest BCUT2D eigenvalue weighted by Crippen LogP contribution is -2.78. The number of carbonyl (C=O) groups excluding carboxylic acids is 3. The van der Waals surface area contributed by atoms with E-state index >= 15 is 0 Å². The predicted molar refractivity (Wildman–Crippen MR) is 64.4 cm³/mol. The lowest BCUT2D eigenvalue weighted by molar-refractivity contribution is -0.166. The van der Waals surface area contributed by atoms with Crippen molar-refractivity contribution >= 4 is 17.7 Å². The van der Waals surface area contributed by atoms with E-state index in [2.05, 4.69) is 5.32 Å². The number of nitrogens with two attached hydrogens (primary N) is 2. The van der Waals surface area contributed by atoms with Crippen molar-refractivity contribution < 1.29 is 19.5 Å². The number of aliphatic hydroxyl groups excluding tert-OH is 1. The van der Waals surface area contributed by atoms with E-state index in [9.17, 15) is 19.5 Å². The SMILES string of the molecule is CC1C(N)C(=O)NC12CN([C@H](C(N)=O)[C@@H](C)O)C2=O. The summed E-state index contributed by atoms with van der Waals surface area (Å²) in [5.74, 6) is -1.95. The largest absolute Gasteiger partial charge is 0.391 e. The minimum atomic E-state index is -1.08. The summed E-state index contributed by atoms with van der Waals surface area (Å²) in [6, 6.07) is -1.83. The highest BCUT2D eigenvalue weighted by molar-refractivity contribution is 6.03. The zero-order valence-corrected chi connectivity index (χ0v) is 10.8. The molecule has 0 aromatic carbocycles. The molecule has 2 rings (SSSR count). The molecule has 6 N–H and O–H groups in total. The fourth-order valence-corrected chi connectivity index (χ4v) is 2.83. The van der Waals surface area contributed by atoms with Crippen LogP contribution in [0.4, 0.5) is 0 Å². The number of amides is 3. The molecule has 5 atom stereocenters. The Morgan fingerprint density at radius 3 is 2.47 bits per heavy atom. The van der Waals surface area contributed by atoms with Gasteiger partial charge < -0.3 is 26.8 Å². The molecule has 2 saturated heterocycles. The fraction of sp³-hybridized carbons (Fsp3) is 0.727. The zero-order chi connectivity index (χ0) is 14.5. The highest BCUT2D eigenvalue weighted by Gasteiger charge is 2.64. The molecule has 2 aliphatic heterocycles. The quantitative estimate of drug-likeness (QED) is 0.402. The van der Waals surface area contributed by atoms with Crippen LogP contribution < -0.4 is 16.8 Å². The number of carbonyl (C=O) groups is 3. The van der Waals surface area contributed by atoms with Crippen LogP contribution in [0.2, 0.25) is 0 Å². The molecule has 3 amide bonds. The average molecular weight is 270 g/mol. The van der Waals surface area contributed by atoms with Crippen molar-refractivity contribution in [3.05, 3.63) is 0 Å². The first-order chi connectivity index (χ1) is 8.72. The van der Waals surface area contributed by atoms with Gasteiger partial charge in [-0.3, -0.25) is 14.4 Å². The summed E-state index contributed by atoms with van der Waals surface area (Å²) in [6.45, 7) is 3.22. The number of nitrogens with zero attached hydrogens (tertiary/aromatic N) is 1. The summed E-state index contributed by atoms with van der Waals surface area (Å²) >= 11 is 0. The Morgan fingerprint density at radius 2 is 2.16 bits per heavy atom. The van der Waals surface area contributed by atoms with Gasteiger partial charge in [-0.2, -0.15) is 0 Å². The lowest BCUT2D eigenvalue weighted by atomic mass is 9.76. The van der Waals surface area contributed by atoms with Crippen LogP contribution >= 0.6 is 0 Å². The van der Waals surface area contributed by atoms with Gasteiger partial charge in [0.2, 0.25) is 11.8 Å². The molecule has 0 aromatic rings. The van der Waals surface area contributed by atoms with Crippen LogP contribution in [0, 0.1) is 5.92 Å². The van der Waals surface area contributed by atoms with E-state index < -0.39 is 35.5 Å². The smallest absolute Gasteiger partial charge is 0.251 e. The molecule has 8 nitrogen and oxygen atoms in total. The Labute approximate surface area is 110 Å². The molecule has 2 aliphatic rings. The van der Waals surface area contributed by atoms with E-state index in [1.165, 1.54) is 11.8 Å². The van der Waals surface area contributed by atoms with E-state index in [1.54, 1.807) is 6.92 Å². The number of hydrogen-bond acceptors (Lipinski definition) is 5. The zero-order valence-electron chi connectivity index (χ0n) is 10.8. The molecule has 106 valence electrons. The molecule has 8 heteroatoms. The van der Waals surface area contributed by atoms with Crippen molar-refractivity contribution in [3.63, 3.8) is 0 Å². The summed E-state index contributed by atoms with van der Waals surface area (Å²) in [6.07, 6.45) is -1.07. The van der Waals surface area contributed by atoms with Crippen molar-refractivity contribution in [2.75, 3.05) is 6.54 Å². The lowest BCUT2D eigenvalue weighted by Gasteiger charge is -2.51. The van der Waals surface area contributed by atoms with Crippen LogP contribution in [-0.4, -0.2) is 58.0 Å². The van der Waals surface area contributed by atoms with Gasteiger partial charge in [-0.25, -0.2) is 0 Å². The molecule has 19 heavy (non-hydrogen) atoms. The third kappa shape index (κ3) is 1.71. The van der Waals surface area contributed by atoms with Gasteiger partial charge in [0.25, 0.3) is 5.91 Å². The molecule has 0 radical (unpaired) electrons. The van der Waals surface area contributed by atoms with Gasteiger partial charge in [-0.15, -0.1) is 0 Å². The van der Waals surface area contributed by atoms with Gasteiger partial charge in [-0.05, 0) is 6.92 Å². The van der Waals surface area contributed by atoms with E-state index in [1.807, 2.05) is 0 Å². The number of nitrogens with one attached hydrogen (secondary N) is 1. The Kier molecular flexibility index (Phi) is 3.02. The van der Waals surface area contributed by atoms with E-state index in [0.29, 0.717) is 0 Å². The Balaban J connectivity index is 2.20. The number of likely N-dealkylation sites (tertiary alicyclic amines) is 1. The van der Waals surface area contributed by atoms with Gasteiger partial charge in [-0.1, -0.05) is 6.92 Å². The number of β-lactam (4-membered cyclic amide) rings is 1. The van der Waals surface area contributed by atoms with Crippen molar-refractivity contribution in [1.29, 1.82) is 0 Å². The second-order valence-corrected chi connectivity index (χ2v) is 5.30. The molecular formula is C11H18N4O4. The molecule has 2 heterocycles. The van der Waals surface area contributed by atoms with E-state index in [0.717, 1.165) is 0 Å². The summed E-state index contributed by atoms with van der Waals surface area (Å²) in [7, 11) is 0. The number of hydrogen-bond donors (Lipinski definition) is 4. The number of primary amides is 1. The average Bonchev–Trinajstić information content (AvgIpc) is 2.54. The summed E-state index contributed by atoms with van der Waals surface area (Å²) in [4.78, 5) is 36.3. The van der Waals surface area contributed by atoms with E-state index in [4.69, 9.17) is 11.5 Å². The molecule has 0 aliphatic carbocycles. The van der Waals surface area contributed by atoms with Crippen molar-refractivity contribution in [2.24, 2.45) is 17.4 Å². The van der Waals surface area contributed by atoms with E-state index in [-0.39, 0.29) is 18.4 Å². The standard InChI is InChI=1S/C11H18N4O4/c1-4-6(12)9(18)14-11(4)3-15(10(11)19)7(5(2)16)8(13)17/h4-7,16H,3,12H2,1-2H3,(H2,13,17)(H,14,18)/t4?,5-,6?,7+,11?/m1/s1. The molecule has 3 unspecified atom stereocenters. The van der Waals surface area contributed by atoms with Gasteiger partial charge in [0.15, 0.2) is 0 Å². The van der Waals surface area contributed by atoms with Crippen LogP contribution in [0.25, 0.3) is 0 Å². The summed E-state index contributed by atoms with van der Waals surface area (Å²) in [5.41, 5.74) is 9.81. The molecule has 2 fully saturated rings. The highest BCUT2D eigenvalue weighted by atomic mass is 16.3. The molecule has 1 spiro atoms.